The summed E-state index contributed by atoms with van der Waals surface area (Å²) in [7, 11) is 3.32. The first-order chi connectivity index (χ1) is 10.2. The molecule has 1 aliphatic rings. The summed E-state index contributed by atoms with van der Waals surface area (Å²) in [6.07, 6.45) is 2.89. The Hall–Kier alpha value is -0.460. The van der Waals surface area contributed by atoms with Crippen LogP contribution in [0.5, 0.6) is 11.5 Å². The lowest BCUT2D eigenvalue weighted by Gasteiger charge is -2.35. The van der Waals surface area contributed by atoms with Gasteiger partial charge in [-0.2, -0.15) is 0 Å². The predicted molar refractivity (Wildman–Crippen MR) is 104 cm³/mol. The third-order valence-electron chi connectivity index (χ3n) is 3.84. The standard InChI is InChI=1S/C16H23BrN2O2.2ClH/c1-4-5-14(19-8-6-18-7-9-19)12-10-15(20-2)16(21-3)11-13(12)17;;/h4,10-11,14,18H,1,5-9H2,2-3H3;2*1H/t14-;;/m1../s1. The zero-order valence-electron chi connectivity index (χ0n) is 13.5. The topological polar surface area (TPSA) is 33.7 Å². The van der Waals surface area contributed by atoms with Crippen LogP contribution in [0.2, 0.25) is 0 Å². The molecule has 1 fully saturated rings. The van der Waals surface area contributed by atoms with Crippen molar-refractivity contribution in [1.82, 2.24) is 10.2 Å². The van der Waals surface area contributed by atoms with E-state index >= 15 is 0 Å². The Morgan fingerprint density at radius 3 is 2.30 bits per heavy atom. The first-order valence-corrected chi connectivity index (χ1v) is 7.97. The zero-order valence-corrected chi connectivity index (χ0v) is 16.7. The summed E-state index contributed by atoms with van der Waals surface area (Å²) in [6.45, 7) is 8.05. The van der Waals surface area contributed by atoms with Crippen LogP contribution in [0.15, 0.2) is 29.3 Å². The maximum atomic E-state index is 5.44. The van der Waals surface area contributed by atoms with Crippen LogP contribution in [0.4, 0.5) is 0 Å². The van der Waals surface area contributed by atoms with Crippen LogP contribution in [0.1, 0.15) is 18.0 Å². The molecule has 1 atom stereocenters. The highest BCUT2D eigenvalue weighted by molar-refractivity contribution is 9.10. The van der Waals surface area contributed by atoms with Crippen molar-refractivity contribution < 1.29 is 9.47 Å². The van der Waals surface area contributed by atoms with Crippen LogP contribution < -0.4 is 14.8 Å². The van der Waals surface area contributed by atoms with E-state index in [4.69, 9.17) is 9.47 Å². The molecular weight excluding hydrogens is 403 g/mol. The summed E-state index contributed by atoms with van der Waals surface area (Å²) >= 11 is 3.68. The van der Waals surface area contributed by atoms with Crippen LogP contribution in [0.25, 0.3) is 0 Å². The highest BCUT2D eigenvalue weighted by atomic mass is 79.9. The zero-order chi connectivity index (χ0) is 15.2. The lowest BCUT2D eigenvalue weighted by molar-refractivity contribution is 0.173. The largest absolute Gasteiger partial charge is 0.493 e. The SMILES string of the molecule is C=CC[C@H](c1cc(OC)c(OC)cc1Br)N1CCNCC1.Cl.Cl. The second-order valence-corrected chi connectivity index (χ2v) is 5.91. The molecule has 0 unspecified atom stereocenters. The predicted octanol–water partition coefficient (Wildman–Crippen LogP) is 3.83. The summed E-state index contributed by atoms with van der Waals surface area (Å²) in [5.41, 5.74) is 1.22. The fourth-order valence-electron chi connectivity index (χ4n) is 2.75. The van der Waals surface area contributed by atoms with Gasteiger partial charge in [-0.1, -0.05) is 22.0 Å². The van der Waals surface area contributed by atoms with E-state index in [0.29, 0.717) is 6.04 Å². The number of rotatable bonds is 6. The first-order valence-electron chi connectivity index (χ1n) is 7.18. The Kier molecular flexibility index (Phi) is 10.9. The number of methoxy groups -OCH3 is 2. The van der Waals surface area contributed by atoms with Crippen LogP contribution in [0.3, 0.4) is 0 Å². The minimum atomic E-state index is 0. The number of benzene rings is 1. The van der Waals surface area contributed by atoms with Crippen molar-refractivity contribution >= 4 is 40.7 Å². The number of piperazine rings is 1. The molecule has 132 valence electrons. The highest BCUT2D eigenvalue weighted by Crippen LogP contribution is 2.39. The van der Waals surface area contributed by atoms with Gasteiger partial charge in [0.05, 0.1) is 14.2 Å². The van der Waals surface area contributed by atoms with Gasteiger partial charge in [-0.3, -0.25) is 4.90 Å². The fraction of sp³-hybridized carbons (Fsp3) is 0.500. The fourth-order valence-corrected chi connectivity index (χ4v) is 3.34. The first kappa shape index (κ1) is 22.5. The molecule has 0 spiro atoms. The van der Waals surface area contributed by atoms with Crippen LogP contribution >= 0.6 is 40.7 Å². The van der Waals surface area contributed by atoms with E-state index in [0.717, 1.165) is 48.6 Å². The van der Waals surface area contributed by atoms with E-state index in [1.807, 2.05) is 12.1 Å². The Bertz CT molecular complexity index is 497. The van der Waals surface area contributed by atoms with Crippen LogP contribution in [-0.4, -0.2) is 45.3 Å². The van der Waals surface area contributed by atoms with Crippen molar-refractivity contribution in [3.63, 3.8) is 0 Å². The van der Waals surface area contributed by atoms with E-state index < -0.39 is 0 Å². The summed E-state index contributed by atoms with van der Waals surface area (Å²) in [5, 5.41) is 3.39. The molecule has 0 amide bonds. The molecule has 1 saturated heterocycles. The second kappa shape index (κ2) is 11.2. The van der Waals surface area contributed by atoms with E-state index in [2.05, 4.69) is 38.8 Å². The van der Waals surface area contributed by atoms with Crippen molar-refractivity contribution in [2.24, 2.45) is 0 Å². The summed E-state index contributed by atoms with van der Waals surface area (Å²) in [4.78, 5) is 2.49. The molecule has 1 N–H and O–H groups in total. The Labute approximate surface area is 159 Å². The number of hydrogen-bond acceptors (Lipinski definition) is 4. The van der Waals surface area contributed by atoms with Crippen molar-refractivity contribution in [3.8, 4) is 11.5 Å². The monoisotopic (exact) mass is 426 g/mol. The molecule has 7 heteroatoms. The van der Waals surface area contributed by atoms with E-state index in [1.54, 1.807) is 14.2 Å². The molecule has 1 aliphatic heterocycles. The number of ether oxygens (including phenoxy) is 2. The summed E-state index contributed by atoms with van der Waals surface area (Å²) in [6, 6.07) is 4.35. The molecule has 4 nitrogen and oxygen atoms in total. The second-order valence-electron chi connectivity index (χ2n) is 5.05. The quantitative estimate of drug-likeness (QED) is 0.699. The molecule has 0 aromatic heterocycles. The van der Waals surface area contributed by atoms with E-state index in [1.165, 1.54) is 5.56 Å². The third-order valence-corrected chi connectivity index (χ3v) is 4.53. The van der Waals surface area contributed by atoms with Gasteiger partial charge in [-0.05, 0) is 24.1 Å². The van der Waals surface area contributed by atoms with Gasteiger partial charge in [0.25, 0.3) is 0 Å². The van der Waals surface area contributed by atoms with E-state index in [9.17, 15) is 0 Å². The normalized spacial score (nSPS) is 15.8. The van der Waals surface area contributed by atoms with Gasteiger partial charge < -0.3 is 14.8 Å². The van der Waals surface area contributed by atoms with Gasteiger partial charge in [0.1, 0.15) is 0 Å². The molecule has 23 heavy (non-hydrogen) atoms. The Morgan fingerprint density at radius 1 is 1.22 bits per heavy atom. The molecular formula is C16H25BrCl2N2O2. The molecule has 1 aromatic carbocycles. The molecule has 0 saturated carbocycles. The third kappa shape index (κ3) is 5.54. The average molecular weight is 428 g/mol. The van der Waals surface area contributed by atoms with Gasteiger partial charge in [-0.25, -0.2) is 0 Å². The summed E-state index contributed by atoms with van der Waals surface area (Å²) < 4.78 is 11.9. The molecule has 2 rings (SSSR count). The smallest absolute Gasteiger partial charge is 0.161 e. The maximum absolute atomic E-state index is 5.44. The molecule has 1 aromatic rings. The number of nitrogens with one attached hydrogen (secondary N) is 1. The lowest BCUT2D eigenvalue weighted by Crippen LogP contribution is -2.45. The average Bonchev–Trinajstić information content (AvgIpc) is 2.53. The van der Waals surface area contributed by atoms with Crippen molar-refractivity contribution in [3.05, 3.63) is 34.8 Å². The Morgan fingerprint density at radius 2 is 1.78 bits per heavy atom. The maximum Gasteiger partial charge on any atom is 0.161 e. The van der Waals surface area contributed by atoms with Crippen molar-refractivity contribution in [2.45, 2.75) is 12.5 Å². The summed E-state index contributed by atoms with van der Waals surface area (Å²) in [5.74, 6) is 1.51. The minimum Gasteiger partial charge on any atom is -0.493 e. The molecule has 0 aliphatic carbocycles. The van der Waals surface area contributed by atoms with Gasteiger partial charge in [0, 0.05) is 36.7 Å². The van der Waals surface area contributed by atoms with Gasteiger partial charge in [0.2, 0.25) is 0 Å². The lowest BCUT2D eigenvalue weighted by atomic mass is 10.0. The van der Waals surface area contributed by atoms with Gasteiger partial charge >= 0.3 is 0 Å². The number of halogens is 3. The highest BCUT2D eigenvalue weighted by Gasteiger charge is 2.24. The van der Waals surface area contributed by atoms with Gasteiger partial charge in [0.15, 0.2) is 11.5 Å². The minimum absolute atomic E-state index is 0. The van der Waals surface area contributed by atoms with Crippen molar-refractivity contribution in [2.75, 3.05) is 40.4 Å². The molecule has 1 heterocycles. The van der Waals surface area contributed by atoms with Crippen molar-refractivity contribution in [1.29, 1.82) is 0 Å². The number of nitrogens with zero attached hydrogens (tertiary/aromatic N) is 1. The molecule has 0 radical (unpaired) electrons. The van der Waals surface area contributed by atoms with Crippen LogP contribution in [-0.2, 0) is 0 Å². The molecule has 0 bridgehead atoms. The van der Waals surface area contributed by atoms with E-state index in [-0.39, 0.29) is 24.8 Å². The van der Waals surface area contributed by atoms with Crippen LogP contribution in [0, 0.1) is 0 Å². The Balaban J connectivity index is 0.00000242. The number of hydrogen-bond donors (Lipinski definition) is 1. The van der Waals surface area contributed by atoms with Gasteiger partial charge in [-0.15, -0.1) is 31.4 Å².